The maximum absolute atomic E-state index is 12.9. The average molecular weight is 145 g/mol. The molecule has 0 unspecified atom stereocenters. The molecule has 10 heavy (non-hydrogen) atoms. The fourth-order valence-electron chi connectivity index (χ4n) is 1.55. The summed E-state index contributed by atoms with van der Waals surface area (Å²) < 4.78 is 25.9. The number of alkyl halides is 2. The molecule has 0 N–H and O–H groups in total. The summed E-state index contributed by atoms with van der Waals surface area (Å²) in [5.74, 6) is -2.51. The minimum atomic E-state index is -2.51. The Hall–Kier alpha value is -0.440. The lowest BCUT2D eigenvalue weighted by Gasteiger charge is -2.23. The monoisotopic (exact) mass is 145 g/mol. The van der Waals surface area contributed by atoms with Gasteiger partial charge in [0.1, 0.15) is 5.54 Å². The van der Waals surface area contributed by atoms with Crippen molar-refractivity contribution in [3.63, 3.8) is 0 Å². The third-order valence-electron chi connectivity index (χ3n) is 2.46. The SMILES string of the molecule is CN1CCC(F)(F)C12C=C2. The smallest absolute Gasteiger partial charge is 0.274 e. The molecule has 0 bridgehead atoms. The van der Waals surface area contributed by atoms with Crippen molar-refractivity contribution in [1.29, 1.82) is 0 Å². The summed E-state index contributed by atoms with van der Waals surface area (Å²) in [5.41, 5.74) is -0.951. The molecule has 0 amide bonds. The van der Waals surface area contributed by atoms with Crippen molar-refractivity contribution in [3.8, 4) is 0 Å². The van der Waals surface area contributed by atoms with Gasteiger partial charge in [0.15, 0.2) is 0 Å². The molecule has 2 rings (SSSR count). The molecule has 2 aliphatic rings. The third-order valence-corrected chi connectivity index (χ3v) is 2.46. The summed E-state index contributed by atoms with van der Waals surface area (Å²) in [5, 5.41) is 0. The first kappa shape index (κ1) is 6.28. The van der Waals surface area contributed by atoms with Crippen molar-refractivity contribution >= 4 is 0 Å². The average Bonchev–Trinajstić information content (AvgIpc) is 2.58. The van der Waals surface area contributed by atoms with Crippen molar-refractivity contribution in [1.82, 2.24) is 4.90 Å². The molecule has 0 saturated carbocycles. The Bertz CT molecular complexity index is 192. The van der Waals surface area contributed by atoms with Crippen LogP contribution < -0.4 is 0 Å². The highest BCUT2D eigenvalue weighted by Crippen LogP contribution is 2.50. The maximum atomic E-state index is 12.9. The molecule has 0 aromatic carbocycles. The Morgan fingerprint density at radius 1 is 1.40 bits per heavy atom. The fourth-order valence-corrected chi connectivity index (χ4v) is 1.55. The number of likely N-dealkylation sites (tertiary alicyclic amines) is 1. The van der Waals surface area contributed by atoms with Crippen LogP contribution in [0.4, 0.5) is 8.78 Å². The molecule has 1 spiro atoms. The fraction of sp³-hybridized carbons (Fsp3) is 0.714. The van der Waals surface area contributed by atoms with Crippen LogP contribution in [0, 0.1) is 0 Å². The number of likely N-dealkylation sites (N-methyl/N-ethyl adjacent to an activating group) is 1. The van der Waals surface area contributed by atoms with Crippen LogP contribution in [-0.4, -0.2) is 30.0 Å². The summed E-state index contributed by atoms with van der Waals surface area (Å²) in [4.78, 5) is 1.70. The van der Waals surface area contributed by atoms with Crippen molar-refractivity contribution in [3.05, 3.63) is 12.2 Å². The third kappa shape index (κ3) is 0.498. The molecular formula is C7H9F2N. The van der Waals surface area contributed by atoms with Crippen LogP contribution in [0.25, 0.3) is 0 Å². The summed E-state index contributed by atoms with van der Waals surface area (Å²) in [6.07, 6.45) is 3.16. The topological polar surface area (TPSA) is 3.24 Å². The van der Waals surface area contributed by atoms with Gasteiger partial charge in [-0.1, -0.05) is 12.2 Å². The van der Waals surface area contributed by atoms with E-state index in [0.717, 1.165) is 0 Å². The van der Waals surface area contributed by atoms with Gasteiger partial charge in [-0.2, -0.15) is 0 Å². The second-order valence-corrected chi connectivity index (χ2v) is 3.03. The van der Waals surface area contributed by atoms with Crippen molar-refractivity contribution in [2.24, 2.45) is 0 Å². The number of rotatable bonds is 0. The zero-order chi connectivity index (χ0) is 7.41. The minimum Gasteiger partial charge on any atom is -0.289 e. The molecule has 1 nitrogen and oxygen atoms in total. The Kier molecular flexibility index (Phi) is 0.892. The second kappa shape index (κ2) is 1.42. The van der Waals surface area contributed by atoms with E-state index < -0.39 is 11.5 Å². The van der Waals surface area contributed by atoms with Gasteiger partial charge in [0.25, 0.3) is 5.92 Å². The van der Waals surface area contributed by atoms with E-state index in [1.807, 2.05) is 0 Å². The molecule has 0 aromatic rings. The van der Waals surface area contributed by atoms with E-state index >= 15 is 0 Å². The lowest BCUT2D eigenvalue weighted by molar-refractivity contribution is -0.0303. The standard InChI is InChI=1S/C7H9F2N/c1-10-5-4-7(8,9)6(10)2-3-6/h2-3H,4-5H2,1H3. The molecule has 0 radical (unpaired) electrons. The van der Waals surface area contributed by atoms with E-state index in [2.05, 4.69) is 0 Å². The zero-order valence-electron chi connectivity index (χ0n) is 5.77. The summed E-state index contributed by atoms with van der Waals surface area (Å²) >= 11 is 0. The van der Waals surface area contributed by atoms with Gasteiger partial charge in [-0.15, -0.1) is 0 Å². The lowest BCUT2D eigenvalue weighted by Crippen LogP contribution is -2.40. The van der Waals surface area contributed by atoms with Crippen LogP contribution in [0.5, 0.6) is 0 Å². The molecule has 1 aliphatic carbocycles. The normalized spacial score (nSPS) is 33.5. The van der Waals surface area contributed by atoms with E-state index in [1.54, 1.807) is 24.1 Å². The van der Waals surface area contributed by atoms with Gasteiger partial charge in [-0.3, -0.25) is 4.90 Å². The summed E-state index contributed by atoms with van der Waals surface area (Å²) in [7, 11) is 1.74. The van der Waals surface area contributed by atoms with Crippen molar-refractivity contribution < 1.29 is 8.78 Å². The number of halogens is 2. The van der Waals surface area contributed by atoms with Gasteiger partial charge >= 0.3 is 0 Å². The van der Waals surface area contributed by atoms with Gasteiger partial charge in [0, 0.05) is 13.0 Å². The highest BCUT2D eigenvalue weighted by Gasteiger charge is 2.62. The highest BCUT2D eigenvalue weighted by atomic mass is 19.3. The number of hydrogen-bond acceptors (Lipinski definition) is 1. The van der Waals surface area contributed by atoms with Gasteiger partial charge in [0.2, 0.25) is 0 Å². The largest absolute Gasteiger partial charge is 0.289 e. The van der Waals surface area contributed by atoms with E-state index in [0.29, 0.717) is 6.54 Å². The first-order chi connectivity index (χ1) is 4.58. The molecule has 1 aliphatic heterocycles. The highest BCUT2D eigenvalue weighted by molar-refractivity contribution is 5.41. The second-order valence-electron chi connectivity index (χ2n) is 3.03. The Balaban J connectivity index is 2.28. The molecule has 0 atom stereocenters. The Morgan fingerprint density at radius 3 is 2.20 bits per heavy atom. The van der Waals surface area contributed by atoms with Gasteiger partial charge in [0.05, 0.1) is 0 Å². The lowest BCUT2D eigenvalue weighted by atomic mass is 10.1. The van der Waals surface area contributed by atoms with E-state index in [1.165, 1.54) is 0 Å². The first-order valence-electron chi connectivity index (χ1n) is 3.38. The predicted molar refractivity (Wildman–Crippen MR) is 34.1 cm³/mol. The molecule has 1 saturated heterocycles. The van der Waals surface area contributed by atoms with Gasteiger partial charge in [-0.05, 0) is 7.05 Å². The van der Waals surface area contributed by atoms with Gasteiger partial charge in [-0.25, -0.2) is 8.78 Å². The van der Waals surface area contributed by atoms with Crippen LogP contribution in [0.1, 0.15) is 6.42 Å². The van der Waals surface area contributed by atoms with E-state index in [-0.39, 0.29) is 6.42 Å². The summed E-state index contributed by atoms with van der Waals surface area (Å²) in [6, 6.07) is 0. The van der Waals surface area contributed by atoms with E-state index in [9.17, 15) is 8.78 Å². The maximum Gasteiger partial charge on any atom is 0.274 e. The Morgan fingerprint density at radius 2 is 2.00 bits per heavy atom. The van der Waals surface area contributed by atoms with Crippen molar-refractivity contribution in [2.75, 3.05) is 13.6 Å². The van der Waals surface area contributed by atoms with Crippen LogP contribution in [-0.2, 0) is 0 Å². The van der Waals surface area contributed by atoms with Crippen LogP contribution in [0.15, 0.2) is 12.2 Å². The quantitative estimate of drug-likeness (QED) is 0.464. The van der Waals surface area contributed by atoms with Crippen molar-refractivity contribution in [2.45, 2.75) is 17.9 Å². The molecular weight excluding hydrogens is 136 g/mol. The molecule has 3 heteroatoms. The molecule has 1 heterocycles. The Labute approximate surface area is 58.3 Å². The van der Waals surface area contributed by atoms with E-state index in [4.69, 9.17) is 0 Å². The van der Waals surface area contributed by atoms with Crippen LogP contribution in [0.2, 0.25) is 0 Å². The minimum absolute atomic E-state index is 0.00347. The number of hydrogen-bond donors (Lipinski definition) is 0. The van der Waals surface area contributed by atoms with Crippen LogP contribution >= 0.6 is 0 Å². The first-order valence-corrected chi connectivity index (χ1v) is 3.38. The summed E-state index contributed by atoms with van der Waals surface area (Å²) in [6.45, 7) is 0.500. The van der Waals surface area contributed by atoms with Crippen LogP contribution in [0.3, 0.4) is 0 Å². The molecule has 0 aromatic heterocycles. The molecule has 1 fully saturated rings. The van der Waals surface area contributed by atoms with Gasteiger partial charge < -0.3 is 0 Å². The number of nitrogens with zero attached hydrogens (tertiary/aromatic N) is 1. The molecule has 56 valence electrons. The predicted octanol–water partition coefficient (Wildman–Crippen LogP) is 1.27. The zero-order valence-corrected chi connectivity index (χ0v) is 5.77.